The number of carbonyl (C=O) groups excluding carboxylic acids is 2. The van der Waals surface area contributed by atoms with Crippen LogP contribution in [0.5, 0.6) is 0 Å². The molecule has 0 atom stereocenters. The van der Waals surface area contributed by atoms with Gasteiger partial charge in [0.1, 0.15) is 4.90 Å². The van der Waals surface area contributed by atoms with Crippen LogP contribution in [0.4, 0.5) is 32.3 Å². The van der Waals surface area contributed by atoms with Crippen LogP contribution >= 0.6 is 0 Å². The largest absolute Gasteiger partial charge is 0.333 e. The second-order valence-electron chi connectivity index (χ2n) is 7.97. The Morgan fingerprint density at radius 3 is 1.67 bits per heavy atom. The zero-order chi connectivity index (χ0) is 27.9. The van der Waals surface area contributed by atoms with Crippen molar-refractivity contribution in [3.8, 4) is 0 Å². The molecule has 0 saturated heterocycles. The molecule has 0 aromatic heterocycles. The van der Waals surface area contributed by atoms with Crippen molar-refractivity contribution in [2.75, 3.05) is 20.7 Å². The highest BCUT2D eigenvalue weighted by atomic mass is 32.2. The van der Waals surface area contributed by atoms with Crippen LogP contribution in [0.25, 0.3) is 0 Å². The maximum atomic E-state index is 13.3. The van der Waals surface area contributed by atoms with E-state index in [9.17, 15) is 26.4 Å². The molecule has 0 aliphatic heterocycles. The topological polar surface area (TPSA) is 163 Å². The van der Waals surface area contributed by atoms with E-state index in [2.05, 4.69) is 20.7 Å². The molecular weight excluding hydrogens is 542 g/mol. The number of hydrogen-bond donors (Lipinski definition) is 5. The molecule has 0 aliphatic carbocycles. The van der Waals surface area contributed by atoms with Gasteiger partial charge in [-0.05, 0) is 48.5 Å². The molecule has 4 rings (SSSR count). The predicted molar refractivity (Wildman–Crippen MR) is 149 cm³/mol. The smallest absolute Gasteiger partial charge is 0.308 e. The van der Waals surface area contributed by atoms with Gasteiger partial charge in [-0.15, -0.1) is 0 Å². The fraction of sp³-hybridized carbons (Fsp3) is 0. The molecule has 0 bridgehead atoms. The summed E-state index contributed by atoms with van der Waals surface area (Å²) in [6, 6.07) is 25.8. The first-order valence-electron chi connectivity index (χ1n) is 11.4. The molecule has 0 spiro atoms. The monoisotopic (exact) mass is 565 g/mol. The lowest BCUT2D eigenvalue weighted by atomic mass is 10.3. The van der Waals surface area contributed by atoms with Crippen molar-refractivity contribution < 1.29 is 26.4 Å². The summed E-state index contributed by atoms with van der Waals surface area (Å²) in [4.78, 5) is 24.5. The molecule has 0 radical (unpaired) electrons. The standard InChI is InChI=1S/C26H23N5O6S2/c32-25(27-19-11-3-1-4-12-19)28-21-15-7-8-16-22(21)30-39(36,37)24-18-10-9-17-23(24)29-26(33)31-38(34,35)20-13-5-2-6-14-20/h1-18,30H,(H2,27,28,32)(H2,29,31,33). The molecule has 0 fully saturated rings. The molecule has 0 heterocycles. The Morgan fingerprint density at radius 2 is 1.00 bits per heavy atom. The third-order valence-corrected chi connectivity index (χ3v) is 7.93. The molecule has 39 heavy (non-hydrogen) atoms. The Morgan fingerprint density at radius 1 is 0.487 bits per heavy atom. The number of amides is 4. The van der Waals surface area contributed by atoms with Crippen molar-refractivity contribution in [2.24, 2.45) is 0 Å². The van der Waals surface area contributed by atoms with Crippen molar-refractivity contribution in [3.63, 3.8) is 0 Å². The molecule has 11 nitrogen and oxygen atoms in total. The van der Waals surface area contributed by atoms with Gasteiger partial charge in [-0.3, -0.25) is 4.72 Å². The number of para-hydroxylation sites is 4. The van der Waals surface area contributed by atoms with Gasteiger partial charge in [-0.1, -0.05) is 60.7 Å². The van der Waals surface area contributed by atoms with Gasteiger partial charge >= 0.3 is 12.1 Å². The third-order valence-electron chi connectivity index (χ3n) is 5.16. The number of benzene rings is 4. The number of hydrogen-bond acceptors (Lipinski definition) is 6. The average Bonchev–Trinajstić information content (AvgIpc) is 2.90. The van der Waals surface area contributed by atoms with E-state index < -0.39 is 32.1 Å². The van der Waals surface area contributed by atoms with Gasteiger partial charge in [0.05, 0.1) is 22.0 Å². The van der Waals surface area contributed by atoms with E-state index in [-0.39, 0.29) is 26.9 Å². The third kappa shape index (κ3) is 7.12. The van der Waals surface area contributed by atoms with Gasteiger partial charge in [0.2, 0.25) is 0 Å². The highest BCUT2D eigenvalue weighted by Crippen LogP contribution is 2.28. The molecule has 0 aliphatic rings. The van der Waals surface area contributed by atoms with Crippen LogP contribution in [0.15, 0.2) is 119 Å². The molecule has 4 amide bonds. The Hall–Kier alpha value is -4.88. The van der Waals surface area contributed by atoms with Crippen molar-refractivity contribution in [2.45, 2.75) is 9.79 Å². The van der Waals surface area contributed by atoms with Gasteiger partial charge in [0, 0.05) is 5.69 Å². The molecule has 4 aromatic rings. The number of anilines is 4. The fourth-order valence-corrected chi connectivity index (χ4v) is 5.59. The van der Waals surface area contributed by atoms with Crippen LogP contribution in [0.2, 0.25) is 0 Å². The zero-order valence-corrected chi connectivity index (χ0v) is 21.8. The summed E-state index contributed by atoms with van der Waals surface area (Å²) in [5.74, 6) is 0. The normalized spacial score (nSPS) is 11.2. The molecule has 0 unspecified atom stereocenters. The van der Waals surface area contributed by atoms with E-state index in [1.165, 1.54) is 60.7 Å². The van der Waals surface area contributed by atoms with E-state index in [0.29, 0.717) is 5.69 Å². The summed E-state index contributed by atoms with van der Waals surface area (Å²) in [6.45, 7) is 0. The van der Waals surface area contributed by atoms with Crippen molar-refractivity contribution in [3.05, 3.63) is 109 Å². The van der Waals surface area contributed by atoms with Gasteiger partial charge in [0.15, 0.2) is 0 Å². The van der Waals surface area contributed by atoms with E-state index in [1.54, 1.807) is 48.5 Å². The van der Waals surface area contributed by atoms with E-state index in [1.807, 2.05) is 4.72 Å². The summed E-state index contributed by atoms with van der Waals surface area (Å²) in [7, 11) is -8.51. The minimum Gasteiger partial charge on any atom is -0.308 e. The maximum Gasteiger partial charge on any atom is 0.333 e. The average molecular weight is 566 g/mol. The first-order valence-corrected chi connectivity index (χ1v) is 14.3. The second-order valence-corrected chi connectivity index (χ2v) is 11.3. The number of urea groups is 2. The van der Waals surface area contributed by atoms with Crippen LogP contribution in [0.3, 0.4) is 0 Å². The highest BCUT2D eigenvalue weighted by molar-refractivity contribution is 7.93. The number of nitrogens with one attached hydrogen (secondary N) is 5. The minimum atomic E-state index is -4.32. The van der Waals surface area contributed by atoms with Crippen molar-refractivity contribution >= 4 is 54.9 Å². The van der Waals surface area contributed by atoms with Crippen LogP contribution in [0.1, 0.15) is 0 Å². The Kier molecular flexibility index (Phi) is 8.13. The summed E-state index contributed by atoms with van der Waals surface area (Å²) in [6.07, 6.45) is 0. The fourth-order valence-electron chi connectivity index (χ4n) is 3.42. The number of carbonyl (C=O) groups is 2. The molecule has 0 saturated carbocycles. The molecule has 5 N–H and O–H groups in total. The first kappa shape index (κ1) is 27.2. The first-order chi connectivity index (χ1) is 18.6. The molecule has 200 valence electrons. The van der Waals surface area contributed by atoms with Gasteiger partial charge in [0.25, 0.3) is 20.0 Å². The quantitative estimate of drug-likeness (QED) is 0.209. The van der Waals surface area contributed by atoms with Crippen LogP contribution in [-0.2, 0) is 20.0 Å². The van der Waals surface area contributed by atoms with Crippen LogP contribution in [0, 0.1) is 0 Å². The predicted octanol–water partition coefficient (Wildman–Crippen LogP) is 4.64. The summed E-state index contributed by atoms with van der Waals surface area (Å²) < 4.78 is 55.8. The SMILES string of the molecule is O=C(Nc1ccccc1)Nc1ccccc1NS(=O)(=O)c1ccccc1NC(=O)NS(=O)(=O)c1ccccc1. The summed E-state index contributed by atoms with van der Waals surface area (Å²) >= 11 is 0. The lowest BCUT2D eigenvalue weighted by Gasteiger charge is -2.16. The van der Waals surface area contributed by atoms with Crippen LogP contribution < -0.4 is 25.4 Å². The van der Waals surface area contributed by atoms with Crippen LogP contribution in [-0.4, -0.2) is 28.9 Å². The molecule has 13 heteroatoms. The summed E-state index contributed by atoms with van der Waals surface area (Å²) in [5.41, 5.74) is 0.608. The minimum absolute atomic E-state index is 0.0617. The zero-order valence-electron chi connectivity index (χ0n) is 20.2. The molecule has 4 aromatic carbocycles. The second kappa shape index (κ2) is 11.7. The van der Waals surface area contributed by atoms with E-state index in [0.717, 1.165) is 0 Å². The van der Waals surface area contributed by atoms with Gasteiger partial charge in [-0.2, -0.15) is 0 Å². The Balaban J connectivity index is 1.51. The lowest BCUT2D eigenvalue weighted by Crippen LogP contribution is -2.34. The highest BCUT2D eigenvalue weighted by Gasteiger charge is 2.23. The van der Waals surface area contributed by atoms with Gasteiger partial charge in [-0.25, -0.2) is 31.1 Å². The van der Waals surface area contributed by atoms with E-state index in [4.69, 9.17) is 0 Å². The van der Waals surface area contributed by atoms with Crippen molar-refractivity contribution in [1.82, 2.24) is 4.72 Å². The maximum absolute atomic E-state index is 13.3. The van der Waals surface area contributed by atoms with E-state index >= 15 is 0 Å². The lowest BCUT2D eigenvalue weighted by molar-refractivity contribution is 0.256. The number of sulfonamides is 2. The summed E-state index contributed by atoms with van der Waals surface area (Å²) in [5, 5.41) is 7.51. The Bertz CT molecular complexity index is 1700. The Labute approximate surface area is 225 Å². The van der Waals surface area contributed by atoms with Crippen molar-refractivity contribution in [1.29, 1.82) is 0 Å². The molecular formula is C26H23N5O6S2. The van der Waals surface area contributed by atoms with Gasteiger partial charge < -0.3 is 16.0 Å². The number of rotatable bonds is 8.